The zero-order valence-corrected chi connectivity index (χ0v) is 15.3. The van der Waals surface area contributed by atoms with Crippen molar-refractivity contribution in [3.63, 3.8) is 0 Å². The lowest BCUT2D eigenvalue weighted by molar-refractivity contribution is -0.385. The molecule has 0 fully saturated rings. The van der Waals surface area contributed by atoms with Crippen molar-refractivity contribution in [2.45, 2.75) is 6.92 Å². The maximum Gasteiger partial charge on any atom is 0.307 e. The normalized spacial score (nSPS) is 10.7. The Morgan fingerprint density at radius 2 is 2.17 bits per heavy atom. The third-order valence-corrected chi connectivity index (χ3v) is 3.54. The summed E-state index contributed by atoms with van der Waals surface area (Å²) in [7, 11) is 0. The molecule has 0 aliphatic rings. The van der Waals surface area contributed by atoms with Crippen LogP contribution in [0.15, 0.2) is 64.4 Å². The van der Waals surface area contributed by atoms with Gasteiger partial charge in [-0.15, -0.1) is 0 Å². The summed E-state index contributed by atoms with van der Waals surface area (Å²) in [6, 6.07) is 10.8. The van der Waals surface area contributed by atoms with E-state index < -0.39 is 10.8 Å². The van der Waals surface area contributed by atoms with Crippen LogP contribution in [0.3, 0.4) is 0 Å². The molecule has 1 amide bonds. The van der Waals surface area contributed by atoms with Crippen molar-refractivity contribution >= 4 is 17.8 Å². The number of nitro groups is 1. The van der Waals surface area contributed by atoms with Crippen molar-refractivity contribution in [1.82, 2.24) is 10.4 Å². The van der Waals surface area contributed by atoms with Crippen LogP contribution in [-0.4, -0.2) is 28.6 Å². The molecule has 3 aromatic rings. The minimum Gasteiger partial charge on any atom is -0.490 e. The maximum absolute atomic E-state index is 11.8. The molecule has 2 heterocycles. The van der Waals surface area contributed by atoms with E-state index >= 15 is 0 Å². The van der Waals surface area contributed by atoms with Gasteiger partial charge in [-0.3, -0.25) is 14.9 Å². The van der Waals surface area contributed by atoms with Gasteiger partial charge < -0.3 is 13.9 Å². The largest absolute Gasteiger partial charge is 0.490 e. The average Bonchev–Trinajstić information content (AvgIpc) is 3.25. The minimum absolute atomic E-state index is 0.134. The fourth-order valence-electron chi connectivity index (χ4n) is 2.24. The molecule has 1 N–H and O–H groups in total. The average molecular weight is 396 g/mol. The Kier molecular flexibility index (Phi) is 6.15. The van der Waals surface area contributed by atoms with Crippen molar-refractivity contribution in [3.05, 3.63) is 76.4 Å². The summed E-state index contributed by atoms with van der Waals surface area (Å²) in [6.07, 6.45) is 3.95. The fraction of sp³-hybridized carbons (Fsp3) is 0.105. The number of aromatic nitrogens is 1. The van der Waals surface area contributed by atoms with E-state index in [0.717, 1.165) is 6.20 Å². The lowest BCUT2D eigenvalue weighted by atomic mass is 10.2. The number of nitrogens with one attached hydrogen (secondary N) is 1. The van der Waals surface area contributed by atoms with Gasteiger partial charge in [0.25, 0.3) is 5.69 Å². The molecular formula is C19H16N4O6. The maximum atomic E-state index is 11.8. The van der Waals surface area contributed by atoms with E-state index in [1.807, 2.05) is 6.92 Å². The Hall–Kier alpha value is -4.21. The van der Waals surface area contributed by atoms with E-state index in [0.29, 0.717) is 23.7 Å². The summed E-state index contributed by atoms with van der Waals surface area (Å²) < 4.78 is 16.2. The van der Waals surface area contributed by atoms with Gasteiger partial charge in [-0.25, -0.2) is 10.4 Å². The molecule has 10 heteroatoms. The van der Waals surface area contributed by atoms with Gasteiger partial charge in [-0.1, -0.05) is 0 Å². The van der Waals surface area contributed by atoms with E-state index in [9.17, 15) is 14.9 Å². The van der Waals surface area contributed by atoms with Gasteiger partial charge in [0.2, 0.25) is 5.88 Å². The number of nitrogens with zero attached hydrogens (tertiary/aromatic N) is 3. The van der Waals surface area contributed by atoms with Crippen LogP contribution in [0.4, 0.5) is 5.69 Å². The summed E-state index contributed by atoms with van der Waals surface area (Å²) in [5.41, 5.74) is 2.87. The number of furan rings is 1. The lowest BCUT2D eigenvalue weighted by Crippen LogP contribution is -2.16. The van der Waals surface area contributed by atoms with E-state index in [4.69, 9.17) is 13.9 Å². The van der Waals surface area contributed by atoms with Gasteiger partial charge in [-0.05, 0) is 42.8 Å². The van der Waals surface area contributed by atoms with E-state index in [-0.39, 0.29) is 17.3 Å². The molecule has 0 unspecified atom stereocenters. The summed E-state index contributed by atoms with van der Waals surface area (Å²) >= 11 is 0. The third kappa shape index (κ3) is 5.16. The van der Waals surface area contributed by atoms with Crippen LogP contribution in [0.2, 0.25) is 0 Å². The molecule has 0 bridgehead atoms. The minimum atomic E-state index is -0.540. The molecule has 148 valence electrons. The second-order valence-electron chi connectivity index (χ2n) is 5.53. The van der Waals surface area contributed by atoms with Crippen LogP contribution < -0.4 is 14.9 Å². The van der Waals surface area contributed by atoms with Crippen LogP contribution in [0.1, 0.15) is 23.0 Å². The number of hydrogen-bond donors (Lipinski definition) is 1. The van der Waals surface area contributed by atoms with Gasteiger partial charge >= 0.3 is 5.91 Å². The molecule has 0 aliphatic heterocycles. The van der Waals surface area contributed by atoms with Crippen molar-refractivity contribution in [2.24, 2.45) is 5.10 Å². The summed E-state index contributed by atoms with van der Waals surface area (Å²) in [5, 5.41) is 14.6. The second-order valence-corrected chi connectivity index (χ2v) is 5.53. The highest BCUT2D eigenvalue weighted by atomic mass is 16.6. The zero-order chi connectivity index (χ0) is 20.6. The number of ether oxygens (including phenoxy) is 2. The van der Waals surface area contributed by atoms with Crippen molar-refractivity contribution < 1.29 is 23.6 Å². The summed E-state index contributed by atoms with van der Waals surface area (Å²) in [4.78, 5) is 25.8. The highest BCUT2D eigenvalue weighted by Gasteiger charge is 2.11. The van der Waals surface area contributed by atoms with Gasteiger partial charge in [-0.2, -0.15) is 5.10 Å². The molecule has 0 saturated heterocycles. The molecule has 0 atom stereocenters. The Labute approximate surface area is 164 Å². The topological polar surface area (TPSA) is 129 Å². The van der Waals surface area contributed by atoms with Crippen LogP contribution >= 0.6 is 0 Å². The molecule has 0 aliphatic carbocycles. The molecule has 10 nitrogen and oxygen atoms in total. The smallest absolute Gasteiger partial charge is 0.307 e. The third-order valence-electron chi connectivity index (χ3n) is 3.54. The quantitative estimate of drug-likeness (QED) is 0.350. The Bertz CT molecular complexity index is 1020. The van der Waals surface area contributed by atoms with Gasteiger partial charge in [0.05, 0.1) is 24.0 Å². The number of amides is 1. The van der Waals surface area contributed by atoms with E-state index in [2.05, 4.69) is 15.5 Å². The number of pyridine rings is 1. The lowest BCUT2D eigenvalue weighted by Gasteiger charge is -2.11. The first-order valence-electron chi connectivity index (χ1n) is 8.49. The van der Waals surface area contributed by atoms with Crippen LogP contribution in [0.5, 0.6) is 17.4 Å². The highest BCUT2D eigenvalue weighted by molar-refractivity contribution is 5.92. The molecular weight excluding hydrogens is 380 g/mol. The van der Waals surface area contributed by atoms with Crippen molar-refractivity contribution in [1.29, 1.82) is 0 Å². The number of hydrogen-bond acceptors (Lipinski definition) is 8. The summed E-state index contributed by atoms with van der Waals surface area (Å²) in [6.45, 7) is 2.21. The first-order valence-corrected chi connectivity index (χ1v) is 8.49. The second kappa shape index (κ2) is 9.13. The number of carbonyl (C=O) groups is 1. The predicted molar refractivity (Wildman–Crippen MR) is 102 cm³/mol. The molecule has 0 spiro atoms. The van der Waals surface area contributed by atoms with Gasteiger partial charge in [0.1, 0.15) is 6.20 Å². The molecule has 1 aromatic carbocycles. The van der Waals surface area contributed by atoms with Gasteiger partial charge in [0.15, 0.2) is 17.3 Å². The molecule has 3 rings (SSSR count). The highest BCUT2D eigenvalue weighted by Crippen LogP contribution is 2.32. The van der Waals surface area contributed by atoms with Crippen LogP contribution in [0.25, 0.3) is 0 Å². The first kappa shape index (κ1) is 19.5. The number of hydrazone groups is 1. The van der Waals surface area contributed by atoms with Crippen molar-refractivity contribution in [2.75, 3.05) is 6.61 Å². The first-order chi connectivity index (χ1) is 14.1. The molecule has 0 radical (unpaired) electrons. The number of rotatable bonds is 8. The molecule has 2 aromatic heterocycles. The molecule has 29 heavy (non-hydrogen) atoms. The van der Waals surface area contributed by atoms with Crippen molar-refractivity contribution in [3.8, 4) is 17.4 Å². The van der Waals surface area contributed by atoms with Crippen LogP contribution in [0, 0.1) is 10.1 Å². The standard InChI is InChI=1S/C19H16N4O6/c1-2-27-17-10-13(11-21-22-19(24)16-4-3-9-28-16)5-7-15(17)29-18-8-6-14(12-20-18)23(25)26/h3-12H,2H2,1H3,(H,22,24)/b21-11-. The Morgan fingerprint density at radius 1 is 1.31 bits per heavy atom. The Morgan fingerprint density at radius 3 is 2.83 bits per heavy atom. The van der Waals surface area contributed by atoms with Gasteiger partial charge in [0, 0.05) is 12.1 Å². The monoisotopic (exact) mass is 396 g/mol. The Balaban J connectivity index is 1.71. The SMILES string of the molecule is CCOc1cc(/C=N\NC(=O)c2ccco2)ccc1Oc1ccc([N+](=O)[O-])cn1. The summed E-state index contributed by atoms with van der Waals surface area (Å²) in [5.74, 6) is 0.666. The predicted octanol–water partition coefficient (Wildman–Crippen LogP) is 3.54. The molecule has 0 saturated carbocycles. The fourth-order valence-corrected chi connectivity index (χ4v) is 2.24. The zero-order valence-electron chi connectivity index (χ0n) is 15.3. The van der Waals surface area contributed by atoms with Crippen LogP contribution in [-0.2, 0) is 0 Å². The van der Waals surface area contributed by atoms with E-state index in [1.54, 1.807) is 24.3 Å². The van der Waals surface area contributed by atoms with E-state index in [1.165, 1.54) is 30.7 Å². The number of carbonyl (C=O) groups excluding carboxylic acids is 1. The number of benzene rings is 1.